The standard InChI is InChI=1S/C11H18N2O3S/c1-5-6-7-17(14,15)9(4)11-12-10(8(2)3)13-16-11/h5-6,8-9H,7H2,1-4H3/b6-5+/t9-/m1/s1. The van der Waals surface area contributed by atoms with Gasteiger partial charge in [0.25, 0.3) is 0 Å². The van der Waals surface area contributed by atoms with Gasteiger partial charge >= 0.3 is 0 Å². The van der Waals surface area contributed by atoms with Gasteiger partial charge in [0, 0.05) is 5.92 Å². The van der Waals surface area contributed by atoms with E-state index in [0.29, 0.717) is 5.82 Å². The molecule has 17 heavy (non-hydrogen) atoms. The normalized spacial score (nSPS) is 14.6. The third-order valence-electron chi connectivity index (χ3n) is 2.42. The number of sulfone groups is 1. The molecule has 0 unspecified atom stereocenters. The van der Waals surface area contributed by atoms with Gasteiger partial charge in [-0.2, -0.15) is 4.98 Å². The molecule has 6 heteroatoms. The Bertz CT molecular complexity index is 489. The molecule has 1 atom stereocenters. The van der Waals surface area contributed by atoms with Gasteiger partial charge in [-0.3, -0.25) is 0 Å². The van der Waals surface area contributed by atoms with E-state index in [9.17, 15) is 8.42 Å². The highest BCUT2D eigenvalue weighted by Gasteiger charge is 2.27. The van der Waals surface area contributed by atoms with Crippen molar-refractivity contribution in [3.05, 3.63) is 23.9 Å². The van der Waals surface area contributed by atoms with Crippen LogP contribution in [0.25, 0.3) is 0 Å². The summed E-state index contributed by atoms with van der Waals surface area (Å²) in [4.78, 5) is 4.10. The molecule has 0 fully saturated rings. The van der Waals surface area contributed by atoms with Crippen LogP contribution < -0.4 is 0 Å². The van der Waals surface area contributed by atoms with Crippen LogP contribution >= 0.6 is 0 Å². The smallest absolute Gasteiger partial charge is 0.244 e. The van der Waals surface area contributed by atoms with Crippen molar-refractivity contribution in [2.45, 2.75) is 38.9 Å². The van der Waals surface area contributed by atoms with Crippen molar-refractivity contribution in [1.82, 2.24) is 10.1 Å². The van der Waals surface area contributed by atoms with Crippen molar-refractivity contribution in [3.8, 4) is 0 Å². The molecule has 0 saturated carbocycles. The lowest BCUT2D eigenvalue weighted by atomic mass is 10.2. The Morgan fingerprint density at radius 1 is 1.35 bits per heavy atom. The van der Waals surface area contributed by atoms with Gasteiger partial charge in [-0.1, -0.05) is 31.2 Å². The van der Waals surface area contributed by atoms with Gasteiger partial charge in [0.05, 0.1) is 5.75 Å². The van der Waals surface area contributed by atoms with Crippen molar-refractivity contribution in [3.63, 3.8) is 0 Å². The molecule has 0 spiro atoms. The molecule has 96 valence electrons. The van der Waals surface area contributed by atoms with Crippen molar-refractivity contribution >= 4 is 9.84 Å². The van der Waals surface area contributed by atoms with E-state index >= 15 is 0 Å². The van der Waals surface area contributed by atoms with Gasteiger partial charge in [-0.25, -0.2) is 8.42 Å². The van der Waals surface area contributed by atoms with Crippen LogP contribution in [0.2, 0.25) is 0 Å². The molecule has 0 aliphatic carbocycles. The third kappa shape index (κ3) is 3.39. The molecule has 5 nitrogen and oxygen atoms in total. The zero-order valence-electron chi connectivity index (χ0n) is 10.5. The lowest BCUT2D eigenvalue weighted by Crippen LogP contribution is -2.13. The lowest BCUT2D eigenvalue weighted by molar-refractivity contribution is 0.369. The Kier molecular flexibility index (Phi) is 4.45. The van der Waals surface area contributed by atoms with E-state index < -0.39 is 15.1 Å². The summed E-state index contributed by atoms with van der Waals surface area (Å²) in [6.45, 7) is 7.20. The predicted octanol–water partition coefficient (Wildman–Crippen LogP) is 2.24. The molecule has 1 rings (SSSR count). The highest BCUT2D eigenvalue weighted by Crippen LogP contribution is 2.22. The van der Waals surface area contributed by atoms with E-state index in [1.807, 2.05) is 13.8 Å². The summed E-state index contributed by atoms with van der Waals surface area (Å²) in [5.41, 5.74) is 0. The van der Waals surface area contributed by atoms with Gasteiger partial charge in [0.1, 0.15) is 5.25 Å². The molecule has 0 amide bonds. The zero-order chi connectivity index (χ0) is 13.1. The van der Waals surface area contributed by atoms with E-state index in [1.54, 1.807) is 26.0 Å². The molecule has 0 aliphatic rings. The van der Waals surface area contributed by atoms with E-state index in [4.69, 9.17) is 4.52 Å². The average molecular weight is 258 g/mol. The molecular weight excluding hydrogens is 240 g/mol. The first-order valence-corrected chi connectivity index (χ1v) is 7.26. The fourth-order valence-electron chi connectivity index (χ4n) is 1.18. The Hall–Kier alpha value is -1.17. The lowest BCUT2D eigenvalue weighted by Gasteiger charge is -2.05. The molecule has 0 bridgehead atoms. The van der Waals surface area contributed by atoms with Gasteiger partial charge in [-0.05, 0) is 13.8 Å². The van der Waals surface area contributed by atoms with Crippen molar-refractivity contribution < 1.29 is 12.9 Å². The van der Waals surface area contributed by atoms with E-state index in [-0.39, 0.29) is 17.6 Å². The van der Waals surface area contributed by atoms with Gasteiger partial charge in [0.2, 0.25) is 5.89 Å². The van der Waals surface area contributed by atoms with Gasteiger partial charge < -0.3 is 4.52 Å². The minimum Gasteiger partial charge on any atom is -0.338 e. The number of nitrogens with zero attached hydrogens (tertiary/aromatic N) is 2. The maximum atomic E-state index is 11.9. The topological polar surface area (TPSA) is 73.1 Å². The summed E-state index contributed by atoms with van der Waals surface area (Å²) in [6, 6.07) is 0. The Labute approximate surface area is 102 Å². The molecule has 0 aromatic carbocycles. The molecule has 1 heterocycles. The summed E-state index contributed by atoms with van der Waals surface area (Å²) >= 11 is 0. The maximum Gasteiger partial charge on any atom is 0.244 e. The van der Waals surface area contributed by atoms with Crippen LogP contribution in [0.15, 0.2) is 16.7 Å². The first-order valence-electron chi connectivity index (χ1n) is 5.54. The Morgan fingerprint density at radius 3 is 2.47 bits per heavy atom. The van der Waals surface area contributed by atoms with Crippen LogP contribution in [0.5, 0.6) is 0 Å². The molecule has 0 aliphatic heterocycles. The van der Waals surface area contributed by atoms with Crippen molar-refractivity contribution in [2.24, 2.45) is 0 Å². The van der Waals surface area contributed by atoms with Crippen LogP contribution in [-0.2, 0) is 9.84 Å². The van der Waals surface area contributed by atoms with E-state index in [1.165, 1.54) is 0 Å². The van der Waals surface area contributed by atoms with Crippen LogP contribution in [0.1, 0.15) is 50.6 Å². The molecule has 0 radical (unpaired) electrons. The van der Waals surface area contributed by atoms with Crippen LogP contribution in [-0.4, -0.2) is 24.3 Å². The van der Waals surface area contributed by atoms with Crippen LogP contribution in [0.4, 0.5) is 0 Å². The minimum absolute atomic E-state index is 0.00986. The SMILES string of the molecule is C/C=C/CS(=O)(=O)[C@H](C)c1nc(C(C)C)no1. The number of rotatable bonds is 5. The van der Waals surface area contributed by atoms with Crippen LogP contribution in [0, 0.1) is 0 Å². The summed E-state index contributed by atoms with van der Waals surface area (Å²) in [7, 11) is -3.27. The summed E-state index contributed by atoms with van der Waals surface area (Å²) in [6.07, 6.45) is 3.31. The third-order valence-corrected chi connectivity index (χ3v) is 4.36. The fourth-order valence-corrected chi connectivity index (χ4v) is 2.33. The average Bonchev–Trinajstić information content (AvgIpc) is 2.74. The van der Waals surface area contributed by atoms with Gasteiger partial charge in [-0.15, -0.1) is 0 Å². The molecule has 1 aromatic heterocycles. The molecule has 0 saturated heterocycles. The summed E-state index contributed by atoms with van der Waals surface area (Å²) in [5.74, 6) is 0.813. The van der Waals surface area contributed by atoms with E-state index in [2.05, 4.69) is 10.1 Å². The second-order valence-corrected chi connectivity index (χ2v) is 6.55. The highest BCUT2D eigenvalue weighted by atomic mass is 32.2. The fraction of sp³-hybridized carbons (Fsp3) is 0.636. The molecular formula is C11H18N2O3S. The second kappa shape index (κ2) is 5.44. The number of aromatic nitrogens is 2. The number of hydrogen-bond acceptors (Lipinski definition) is 5. The summed E-state index contributed by atoms with van der Waals surface area (Å²) in [5, 5.41) is 3.00. The minimum atomic E-state index is -3.27. The van der Waals surface area contributed by atoms with Crippen molar-refractivity contribution in [2.75, 3.05) is 5.75 Å². The van der Waals surface area contributed by atoms with Crippen molar-refractivity contribution in [1.29, 1.82) is 0 Å². The Morgan fingerprint density at radius 2 is 2.00 bits per heavy atom. The highest BCUT2D eigenvalue weighted by molar-refractivity contribution is 7.91. The second-order valence-electron chi connectivity index (χ2n) is 4.19. The van der Waals surface area contributed by atoms with Gasteiger partial charge in [0.15, 0.2) is 15.7 Å². The Balaban J connectivity index is 2.91. The van der Waals surface area contributed by atoms with Crippen LogP contribution in [0.3, 0.4) is 0 Å². The predicted molar refractivity (Wildman–Crippen MR) is 65.4 cm³/mol. The number of hydrogen-bond donors (Lipinski definition) is 0. The number of allylic oxidation sites excluding steroid dienone is 1. The monoisotopic (exact) mass is 258 g/mol. The first kappa shape index (κ1) is 13.9. The zero-order valence-corrected chi connectivity index (χ0v) is 11.4. The van der Waals surface area contributed by atoms with E-state index in [0.717, 1.165) is 0 Å². The maximum absolute atomic E-state index is 11.9. The first-order chi connectivity index (χ1) is 7.88. The summed E-state index contributed by atoms with van der Waals surface area (Å²) < 4.78 is 28.8. The molecule has 0 N–H and O–H groups in total. The quantitative estimate of drug-likeness (QED) is 0.757. The molecule has 1 aromatic rings. The largest absolute Gasteiger partial charge is 0.338 e.